The zero-order valence-electron chi connectivity index (χ0n) is 12.5. The minimum absolute atomic E-state index is 0.0689. The molecule has 0 aliphatic rings. The first-order valence-electron chi connectivity index (χ1n) is 6.75. The summed E-state index contributed by atoms with van der Waals surface area (Å²) in [5.41, 5.74) is 0.996. The smallest absolute Gasteiger partial charge is 0.313 e. The fraction of sp³-hybridized carbons (Fsp3) is 0.429. The summed E-state index contributed by atoms with van der Waals surface area (Å²) in [7, 11) is 1.93. The van der Waals surface area contributed by atoms with E-state index in [4.69, 9.17) is 0 Å². The Morgan fingerprint density at radius 3 is 2.71 bits per heavy atom. The first-order chi connectivity index (χ1) is 9.93. The van der Waals surface area contributed by atoms with Gasteiger partial charge in [0.2, 0.25) is 0 Å². The number of hydrogen-bond acceptors (Lipinski definition) is 4. The second-order valence-corrected chi connectivity index (χ2v) is 6.99. The van der Waals surface area contributed by atoms with Gasteiger partial charge in [-0.15, -0.1) is 5.10 Å². The van der Waals surface area contributed by atoms with Crippen molar-refractivity contribution in [2.75, 3.05) is 7.05 Å². The zero-order valence-corrected chi connectivity index (χ0v) is 14.9. The molecule has 0 fully saturated rings. The van der Waals surface area contributed by atoms with E-state index in [0.29, 0.717) is 5.16 Å². The van der Waals surface area contributed by atoms with Crippen LogP contribution in [0.15, 0.2) is 37.5 Å². The lowest BCUT2D eigenvalue weighted by molar-refractivity contribution is 0.534. The average molecular weight is 371 g/mol. The van der Waals surface area contributed by atoms with E-state index >= 15 is 0 Å². The maximum absolute atomic E-state index is 11.8. The quantitative estimate of drug-likeness (QED) is 0.846. The lowest BCUT2D eigenvalue weighted by atomic mass is 10.1. The molecule has 1 heterocycles. The average Bonchev–Trinajstić information content (AvgIpc) is 2.81. The molecule has 21 heavy (non-hydrogen) atoms. The van der Waals surface area contributed by atoms with Crippen molar-refractivity contribution in [1.82, 2.24) is 20.1 Å². The van der Waals surface area contributed by atoms with Crippen LogP contribution in [0.4, 0.5) is 0 Å². The van der Waals surface area contributed by atoms with Crippen LogP contribution in [0.25, 0.3) is 0 Å². The van der Waals surface area contributed by atoms with E-state index in [1.54, 1.807) is 4.57 Å². The van der Waals surface area contributed by atoms with Crippen LogP contribution >= 0.6 is 27.7 Å². The van der Waals surface area contributed by atoms with E-state index in [0.717, 1.165) is 9.37 Å². The Labute approximate surface area is 136 Å². The topological polar surface area (TPSA) is 62.7 Å². The molecule has 5 nitrogen and oxygen atoms in total. The molecular weight excluding hydrogens is 352 g/mol. The van der Waals surface area contributed by atoms with Crippen molar-refractivity contribution in [3.63, 3.8) is 0 Å². The maximum Gasteiger partial charge on any atom is 0.344 e. The lowest BCUT2D eigenvalue weighted by Gasteiger charge is -2.16. The van der Waals surface area contributed by atoms with Crippen molar-refractivity contribution in [3.8, 4) is 0 Å². The van der Waals surface area contributed by atoms with E-state index in [9.17, 15) is 4.79 Å². The first kappa shape index (κ1) is 16.3. The highest BCUT2D eigenvalue weighted by Gasteiger charge is 2.16. The van der Waals surface area contributed by atoms with Gasteiger partial charge in [0, 0.05) is 21.5 Å². The summed E-state index contributed by atoms with van der Waals surface area (Å²) in [6.45, 7) is 6.05. The molecule has 0 saturated carbocycles. The minimum Gasteiger partial charge on any atom is -0.313 e. The summed E-state index contributed by atoms with van der Waals surface area (Å²) in [6, 6.07) is 6.41. The number of aromatic amines is 1. The number of benzene rings is 1. The SMILES string of the molecule is CNC(C)c1cc(Br)ccc1Sc1n[nH]c(=O)n1C(C)C. The van der Waals surface area contributed by atoms with Crippen molar-refractivity contribution >= 4 is 27.7 Å². The number of rotatable bonds is 5. The van der Waals surface area contributed by atoms with Crippen molar-refractivity contribution < 1.29 is 0 Å². The summed E-state index contributed by atoms with van der Waals surface area (Å²) in [5.74, 6) is 0. The number of halogens is 1. The van der Waals surface area contributed by atoms with E-state index in [1.165, 1.54) is 17.3 Å². The minimum atomic E-state index is -0.173. The molecule has 1 aromatic heterocycles. The van der Waals surface area contributed by atoms with Gasteiger partial charge in [-0.25, -0.2) is 9.89 Å². The molecule has 1 aromatic carbocycles. The molecule has 0 amide bonds. The van der Waals surface area contributed by atoms with Crippen LogP contribution in [0.1, 0.15) is 38.4 Å². The summed E-state index contributed by atoms with van der Waals surface area (Å²) < 4.78 is 2.70. The van der Waals surface area contributed by atoms with Crippen LogP contribution in [-0.2, 0) is 0 Å². The number of hydrogen-bond donors (Lipinski definition) is 2. The van der Waals surface area contributed by atoms with Gasteiger partial charge in [-0.05, 0) is 63.3 Å². The predicted octanol–water partition coefficient (Wildman–Crippen LogP) is 3.35. The van der Waals surface area contributed by atoms with Gasteiger partial charge < -0.3 is 5.32 Å². The van der Waals surface area contributed by atoms with Crippen molar-refractivity contribution in [3.05, 3.63) is 38.7 Å². The van der Waals surface area contributed by atoms with E-state index < -0.39 is 0 Å². The Bertz CT molecular complexity index is 680. The second kappa shape index (κ2) is 6.81. The monoisotopic (exact) mass is 370 g/mol. The first-order valence-corrected chi connectivity index (χ1v) is 8.36. The Kier molecular flexibility index (Phi) is 5.29. The fourth-order valence-electron chi connectivity index (χ4n) is 2.02. The molecule has 0 bridgehead atoms. The Morgan fingerprint density at radius 1 is 1.38 bits per heavy atom. The lowest BCUT2D eigenvalue weighted by Crippen LogP contribution is -2.19. The third-order valence-electron chi connectivity index (χ3n) is 3.26. The molecule has 0 aliphatic heterocycles. The maximum atomic E-state index is 11.8. The molecule has 7 heteroatoms. The van der Waals surface area contributed by atoms with Gasteiger partial charge in [-0.2, -0.15) is 0 Å². The number of nitrogens with one attached hydrogen (secondary N) is 2. The summed E-state index contributed by atoms with van der Waals surface area (Å²) in [6.07, 6.45) is 0. The van der Waals surface area contributed by atoms with Gasteiger partial charge in [0.15, 0.2) is 5.16 Å². The number of nitrogens with zero attached hydrogens (tertiary/aromatic N) is 2. The normalized spacial score (nSPS) is 12.9. The Balaban J connectivity index is 2.43. The molecule has 1 unspecified atom stereocenters. The standard InChI is InChI=1S/C14H19BrN4OS/c1-8(2)19-13(20)17-18-14(19)21-12-6-5-10(15)7-11(12)9(3)16-4/h5-9,16H,1-4H3,(H,17,20). The van der Waals surface area contributed by atoms with Crippen LogP contribution in [0.3, 0.4) is 0 Å². The van der Waals surface area contributed by atoms with Gasteiger partial charge >= 0.3 is 5.69 Å². The molecule has 0 spiro atoms. The molecule has 2 aromatic rings. The third kappa shape index (κ3) is 3.59. The van der Waals surface area contributed by atoms with Crippen LogP contribution in [0.5, 0.6) is 0 Å². The molecule has 0 aliphatic carbocycles. The second-order valence-electron chi connectivity index (χ2n) is 5.07. The molecule has 2 rings (SSSR count). The molecular formula is C14H19BrN4OS. The third-order valence-corrected chi connectivity index (χ3v) is 4.82. The van der Waals surface area contributed by atoms with Crippen LogP contribution in [-0.4, -0.2) is 21.8 Å². The molecule has 2 N–H and O–H groups in total. The summed E-state index contributed by atoms with van der Waals surface area (Å²) in [5, 5.41) is 10.6. The predicted molar refractivity (Wildman–Crippen MR) is 89.0 cm³/mol. The number of H-pyrrole nitrogens is 1. The van der Waals surface area contributed by atoms with Gasteiger partial charge in [-0.1, -0.05) is 15.9 Å². The highest BCUT2D eigenvalue weighted by molar-refractivity contribution is 9.10. The zero-order chi connectivity index (χ0) is 15.6. The Morgan fingerprint density at radius 2 is 2.10 bits per heavy atom. The molecule has 0 radical (unpaired) electrons. The van der Waals surface area contributed by atoms with Crippen LogP contribution in [0.2, 0.25) is 0 Å². The largest absolute Gasteiger partial charge is 0.344 e. The van der Waals surface area contributed by atoms with Crippen LogP contribution in [0, 0.1) is 0 Å². The molecule has 1 atom stereocenters. The van der Waals surface area contributed by atoms with Crippen molar-refractivity contribution in [2.24, 2.45) is 0 Å². The number of aromatic nitrogens is 3. The summed E-state index contributed by atoms with van der Waals surface area (Å²) in [4.78, 5) is 12.9. The highest BCUT2D eigenvalue weighted by atomic mass is 79.9. The van der Waals surface area contributed by atoms with Crippen LogP contribution < -0.4 is 11.0 Å². The van der Waals surface area contributed by atoms with Gasteiger partial charge in [0.05, 0.1) is 0 Å². The van der Waals surface area contributed by atoms with E-state index in [1.807, 2.05) is 33.0 Å². The van der Waals surface area contributed by atoms with Crippen molar-refractivity contribution in [1.29, 1.82) is 0 Å². The summed E-state index contributed by atoms with van der Waals surface area (Å²) >= 11 is 5.01. The Hall–Kier alpha value is -1.05. The van der Waals surface area contributed by atoms with Gasteiger partial charge in [0.1, 0.15) is 0 Å². The molecule has 114 valence electrons. The fourth-order valence-corrected chi connectivity index (χ4v) is 3.57. The van der Waals surface area contributed by atoms with E-state index in [2.05, 4.69) is 44.4 Å². The van der Waals surface area contributed by atoms with Gasteiger partial charge in [-0.3, -0.25) is 4.57 Å². The van der Waals surface area contributed by atoms with E-state index in [-0.39, 0.29) is 17.8 Å². The highest BCUT2D eigenvalue weighted by Crippen LogP contribution is 2.34. The molecule has 0 saturated heterocycles. The van der Waals surface area contributed by atoms with Crippen molar-refractivity contribution in [2.45, 2.75) is 42.9 Å². The van der Waals surface area contributed by atoms with Gasteiger partial charge in [0.25, 0.3) is 0 Å².